The molecule has 0 bridgehead atoms. The zero-order valence-corrected chi connectivity index (χ0v) is 11.7. The maximum absolute atomic E-state index is 13.4. The molecule has 2 N–H and O–H groups in total. The van der Waals surface area contributed by atoms with Crippen molar-refractivity contribution in [1.82, 2.24) is 5.32 Å². The van der Waals surface area contributed by atoms with E-state index >= 15 is 0 Å². The Balaban J connectivity index is 1.85. The van der Waals surface area contributed by atoms with Gasteiger partial charge in [-0.2, -0.15) is 0 Å². The molecular formula is C14H16ClFN2O2. The smallest absolute Gasteiger partial charge is 0.243 e. The Kier molecular flexibility index (Phi) is 3.56. The number of ether oxygens (including phenoxy) is 1. The number of rotatable bonds is 2. The first-order chi connectivity index (χ1) is 9.59. The quantitative estimate of drug-likeness (QED) is 0.880. The Bertz CT molecular complexity index is 512. The average Bonchev–Trinajstić information content (AvgIpc) is 2.68. The molecule has 1 aromatic carbocycles. The molecule has 1 unspecified atom stereocenters. The molecule has 0 radical (unpaired) electrons. The van der Waals surface area contributed by atoms with Crippen molar-refractivity contribution in [2.24, 2.45) is 5.41 Å². The van der Waals surface area contributed by atoms with Crippen molar-refractivity contribution >= 4 is 23.2 Å². The summed E-state index contributed by atoms with van der Waals surface area (Å²) in [7, 11) is 0. The number of nitrogens with one attached hydrogen (secondary N) is 2. The number of amides is 1. The molecule has 2 fully saturated rings. The van der Waals surface area contributed by atoms with Gasteiger partial charge in [-0.15, -0.1) is 0 Å². The summed E-state index contributed by atoms with van der Waals surface area (Å²) in [6, 6.07) is 3.85. The van der Waals surface area contributed by atoms with Crippen molar-refractivity contribution in [3.05, 3.63) is 29.0 Å². The maximum Gasteiger partial charge on any atom is 0.243 e. The van der Waals surface area contributed by atoms with Crippen LogP contribution in [0.1, 0.15) is 12.8 Å². The predicted molar refractivity (Wildman–Crippen MR) is 74.3 cm³/mol. The molecule has 108 valence electrons. The lowest BCUT2D eigenvalue weighted by Gasteiger charge is -2.37. The summed E-state index contributed by atoms with van der Waals surface area (Å²) in [4.78, 5) is 12.1. The second-order valence-electron chi connectivity index (χ2n) is 5.43. The molecule has 1 aromatic rings. The number of carbonyl (C=O) groups excluding carboxylic acids is 1. The van der Waals surface area contributed by atoms with Gasteiger partial charge >= 0.3 is 0 Å². The monoisotopic (exact) mass is 298 g/mol. The van der Waals surface area contributed by atoms with E-state index in [0.717, 1.165) is 12.8 Å². The van der Waals surface area contributed by atoms with Crippen LogP contribution in [0.2, 0.25) is 5.02 Å². The number of hydrogen-bond donors (Lipinski definition) is 2. The highest BCUT2D eigenvalue weighted by Gasteiger charge is 2.49. The minimum Gasteiger partial charge on any atom is -0.381 e. The summed E-state index contributed by atoms with van der Waals surface area (Å²) in [5.74, 6) is -0.466. The molecule has 3 rings (SSSR count). The first-order valence-corrected chi connectivity index (χ1v) is 7.05. The van der Waals surface area contributed by atoms with E-state index in [1.54, 1.807) is 6.07 Å². The van der Waals surface area contributed by atoms with Crippen LogP contribution in [0.4, 0.5) is 10.1 Å². The van der Waals surface area contributed by atoms with Gasteiger partial charge in [-0.3, -0.25) is 4.79 Å². The van der Waals surface area contributed by atoms with Gasteiger partial charge in [0.1, 0.15) is 11.9 Å². The maximum atomic E-state index is 13.4. The summed E-state index contributed by atoms with van der Waals surface area (Å²) in [5, 5.41) is 6.35. The Hall–Kier alpha value is -1.33. The van der Waals surface area contributed by atoms with Gasteiger partial charge in [0.15, 0.2) is 0 Å². The Labute approximate surface area is 121 Å². The van der Waals surface area contributed by atoms with Crippen molar-refractivity contribution in [3.8, 4) is 0 Å². The lowest BCUT2D eigenvalue weighted by molar-refractivity contribution is -0.121. The normalized spacial score (nSPS) is 24.7. The summed E-state index contributed by atoms with van der Waals surface area (Å²) in [6.45, 7) is 1.93. The summed E-state index contributed by atoms with van der Waals surface area (Å²) < 4.78 is 18.8. The fourth-order valence-corrected chi connectivity index (χ4v) is 3.23. The van der Waals surface area contributed by atoms with Crippen LogP contribution < -0.4 is 10.6 Å². The highest BCUT2D eigenvalue weighted by Crippen LogP contribution is 2.38. The van der Waals surface area contributed by atoms with Gasteiger partial charge in [-0.1, -0.05) is 11.6 Å². The lowest BCUT2D eigenvalue weighted by atomic mass is 9.76. The highest BCUT2D eigenvalue weighted by atomic mass is 35.5. The van der Waals surface area contributed by atoms with Gasteiger partial charge in [0.2, 0.25) is 5.91 Å². The molecule has 4 nitrogen and oxygen atoms in total. The zero-order chi connectivity index (χ0) is 14.2. The molecule has 2 saturated heterocycles. The average molecular weight is 299 g/mol. The van der Waals surface area contributed by atoms with Gasteiger partial charge in [0.05, 0.1) is 0 Å². The van der Waals surface area contributed by atoms with Gasteiger partial charge in [-0.25, -0.2) is 4.39 Å². The van der Waals surface area contributed by atoms with E-state index in [4.69, 9.17) is 16.3 Å². The molecule has 0 saturated carbocycles. The van der Waals surface area contributed by atoms with Crippen LogP contribution in [0.25, 0.3) is 0 Å². The standard InChI is InChI=1S/C14H16ClFN2O2/c15-9-5-10(16)7-11(6-9)18-12-13(19)17-8-14(12)1-3-20-4-2-14/h5-7,12,18H,1-4,8H2,(H,17,19). The van der Waals surface area contributed by atoms with Gasteiger partial charge < -0.3 is 15.4 Å². The Morgan fingerprint density at radius 3 is 2.80 bits per heavy atom. The van der Waals surface area contributed by atoms with Crippen LogP contribution in [-0.4, -0.2) is 31.7 Å². The van der Waals surface area contributed by atoms with Crippen molar-refractivity contribution in [3.63, 3.8) is 0 Å². The third-order valence-electron chi connectivity index (χ3n) is 4.15. The van der Waals surface area contributed by atoms with E-state index < -0.39 is 5.82 Å². The topological polar surface area (TPSA) is 50.4 Å². The minimum atomic E-state index is -0.417. The molecule has 2 heterocycles. The van der Waals surface area contributed by atoms with Gasteiger partial charge in [-0.05, 0) is 31.0 Å². The fourth-order valence-electron chi connectivity index (χ4n) is 3.01. The molecule has 0 aliphatic carbocycles. The van der Waals surface area contributed by atoms with Gasteiger partial charge in [0, 0.05) is 35.9 Å². The van der Waals surface area contributed by atoms with Gasteiger partial charge in [0.25, 0.3) is 0 Å². The summed E-state index contributed by atoms with van der Waals surface area (Å²) >= 11 is 5.85. The predicted octanol–water partition coefficient (Wildman–Crippen LogP) is 2.19. The molecular weight excluding hydrogens is 283 g/mol. The molecule has 1 spiro atoms. The highest BCUT2D eigenvalue weighted by molar-refractivity contribution is 6.30. The Morgan fingerprint density at radius 2 is 2.10 bits per heavy atom. The van der Waals surface area contributed by atoms with Crippen molar-refractivity contribution < 1.29 is 13.9 Å². The Morgan fingerprint density at radius 1 is 1.35 bits per heavy atom. The minimum absolute atomic E-state index is 0.0488. The molecule has 2 aliphatic rings. The van der Waals surface area contributed by atoms with Crippen LogP contribution >= 0.6 is 11.6 Å². The summed E-state index contributed by atoms with van der Waals surface area (Å²) in [5.41, 5.74) is 0.372. The lowest BCUT2D eigenvalue weighted by Crippen LogP contribution is -2.45. The van der Waals surface area contributed by atoms with E-state index in [1.165, 1.54) is 12.1 Å². The molecule has 6 heteroatoms. The van der Waals surface area contributed by atoms with Crippen LogP contribution in [-0.2, 0) is 9.53 Å². The second kappa shape index (κ2) is 5.22. The number of hydrogen-bond acceptors (Lipinski definition) is 3. The zero-order valence-electron chi connectivity index (χ0n) is 10.9. The number of benzene rings is 1. The molecule has 2 aliphatic heterocycles. The third kappa shape index (κ3) is 2.47. The van der Waals surface area contributed by atoms with Crippen LogP contribution in [0, 0.1) is 11.2 Å². The van der Waals surface area contributed by atoms with E-state index in [9.17, 15) is 9.18 Å². The molecule has 0 aromatic heterocycles. The van der Waals surface area contributed by atoms with Crippen molar-refractivity contribution in [1.29, 1.82) is 0 Å². The number of anilines is 1. The molecule has 20 heavy (non-hydrogen) atoms. The fraction of sp³-hybridized carbons (Fsp3) is 0.500. The van der Waals surface area contributed by atoms with Crippen LogP contribution in [0.5, 0.6) is 0 Å². The van der Waals surface area contributed by atoms with Crippen molar-refractivity contribution in [2.45, 2.75) is 18.9 Å². The second-order valence-corrected chi connectivity index (χ2v) is 5.86. The number of carbonyl (C=O) groups is 1. The first kappa shape index (κ1) is 13.6. The number of halogens is 2. The molecule has 1 atom stereocenters. The summed E-state index contributed by atoms with van der Waals surface area (Å²) in [6.07, 6.45) is 1.62. The van der Waals surface area contributed by atoms with Crippen molar-refractivity contribution in [2.75, 3.05) is 25.1 Å². The van der Waals surface area contributed by atoms with E-state index in [2.05, 4.69) is 10.6 Å². The van der Waals surface area contributed by atoms with Crippen LogP contribution in [0.3, 0.4) is 0 Å². The van der Waals surface area contributed by atoms with Crippen LogP contribution in [0.15, 0.2) is 18.2 Å². The van der Waals surface area contributed by atoms with E-state index in [1.807, 2.05) is 0 Å². The first-order valence-electron chi connectivity index (χ1n) is 6.67. The van der Waals surface area contributed by atoms with E-state index in [-0.39, 0.29) is 17.4 Å². The largest absolute Gasteiger partial charge is 0.381 e. The molecule has 1 amide bonds. The SMILES string of the molecule is O=C1NCC2(CCOCC2)C1Nc1cc(F)cc(Cl)c1. The third-order valence-corrected chi connectivity index (χ3v) is 4.37. The van der Waals surface area contributed by atoms with E-state index in [0.29, 0.717) is 30.5 Å².